The number of rotatable bonds is 1. The highest BCUT2D eigenvalue weighted by Crippen LogP contribution is 2.36. The summed E-state index contributed by atoms with van der Waals surface area (Å²) < 4.78 is -1.28. The molecule has 0 spiro atoms. The van der Waals surface area contributed by atoms with Crippen molar-refractivity contribution in [3.63, 3.8) is 0 Å². The lowest BCUT2D eigenvalue weighted by Crippen LogP contribution is -2.55. The molecule has 2 aliphatic rings. The van der Waals surface area contributed by atoms with E-state index in [1.807, 2.05) is 0 Å². The van der Waals surface area contributed by atoms with Crippen LogP contribution in [-0.4, -0.2) is 22.5 Å². The SMILES string of the molecule is O=C1c2ccccc2C(=O)[N+]1([O-])C1CCCCC1. The van der Waals surface area contributed by atoms with Crippen molar-refractivity contribution < 1.29 is 14.2 Å². The van der Waals surface area contributed by atoms with Gasteiger partial charge in [-0.05, 0) is 25.0 Å². The Bertz CT molecular complexity index is 483. The predicted octanol–water partition coefficient (Wildman–Crippen LogP) is 2.63. The maximum Gasteiger partial charge on any atom is 0.354 e. The highest BCUT2D eigenvalue weighted by Gasteiger charge is 2.52. The first-order valence-corrected chi connectivity index (χ1v) is 6.44. The Morgan fingerprint density at radius 2 is 1.44 bits per heavy atom. The molecular weight excluding hydrogens is 230 g/mol. The first kappa shape index (κ1) is 11.6. The lowest BCUT2D eigenvalue weighted by Gasteiger charge is -2.41. The van der Waals surface area contributed by atoms with Crippen LogP contribution in [0.2, 0.25) is 0 Å². The minimum atomic E-state index is -1.28. The number of hydroxylamine groups is 3. The number of amides is 2. The van der Waals surface area contributed by atoms with Gasteiger partial charge in [0.05, 0.1) is 11.1 Å². The van der Waals surface area contributed by atoms with Crippen LogP contribution in [-0.2, 0) is 0 Å². The highest BCUT2D eigenvalue weighted by molar-refractivity contribution is 6.14. The zero-order chi connectivity index (χ0) is 12.8. The fourth-order valence-corrected chi connectivity index (χ4v) is 3.08. The third kappa shape index (κ3) is 1.39. The van der Waals surface area contributed by atoms with Crippen LogP contribution in [0.15, 0.2) is 24.3 Å². The standard InChI is InChI=1S/C14H15NO3/c16-13-11-8-4-5-9-12(11)14(17)15(13,18)10-6-2-1-3-7-10/h4-5,8-10H,1-3,6-7H2. The number of hydrogen-bond acceptors (Lipinski definition) is 3. The van der Waals surface area contributed by atoms with Crippen LogP contribution in [0.3, 0.4) is 0 Å². The van der Waals surface area contributed by atoms with Crippen molar-refractivity contribution in [1.82, 2.24) is 0 Å². The van der Waals surface area contributed by atoms with Gasteiger partial charge < -0.3 is 5.21 Å². The first-order chi connectivity index (χ1) is 8.65. The molecule has 4 nitrogen and oxygen atoms in total. The van der Waals surface area contributed by atoms with Gasteiger partial charge in [-0.15, -0.1) is 0 Å². The van der Waals surface area contributed by atoms with Crippen LogP contribution < -0.4 is 0 Å². The number of carbonyl (C=O) groups is 2. The zero-order valence-corrected chi connectivity index (χ0v) is 10.1. The summed E-state index contributed by atoms with van der Waals surface area (Å²) in [7, 11) is 0. The van der Waals surface area contributed by atoms with Gasteiger partial charge in [0.1, 0.15) is 6.04 Å². The fraction of sp³-hybridized carbons (Fsp3) is 0.429. The summed E-state index contributed by atoms with van der Waals surface area (Å²) in [5.41, 5.74) is 0.589. The number of carbonyl (C=O) groups excluding carboxylic acids is 2. The number of benzene rings is 1. The van der Waals surface area contributed by atoms with Crippen LogP contribution in [0, 0.1) is 5.21 Å². The van der Waals surface area contributed by atoms with Crippen molar-refractivity contribution in [1.29, 1.82) is 0 Å². The second kappa shape index (κ2) is 4.00. The lowest BCUT2D eigenvalue weighted by atomic mass is 9.94. The molecule has 0 radical (unpaired) electrons. The Balaban J connectivity index is 2.04. The maximum atomic E-state index is 12.8. The molecule has 94 valence electrons. The van der Waals surface area contributed by atoms with Crippen LogP contribution >= 0.6 is 0 Å². The lowest BCUT2D eigenvalue weighted by molar-refractivity contribution is -0.741. The number of imide groups is 1. The monoisotopic (exact) mass is 245 g/mol. The zero-order valence-electron chi connectivity index (χ0n) is 10.1. The largest absolute Gasteiger partial charge is 0.617 e. The van der Waals surface area contributed by atoms with Crippen LogP contribution in [0.4, 0.5) is 0 Å². The molecule has 4 heteroatoms. The third-order valence-corrected chi connectivity index (χ3v) is 4.08. The van der Waals surface area contributed by atoms with Gasteiger partial charge in [-0.1, -0.05) is 18.6 Å². The molecule has 1 aliphatic carbocycles. The van der Waals surface area contributed by atoms with Gasteiger partial charge in [0, 0.05) is 12.8 Å². The average Bonchev–Trinajstić information content (AvgIpc) is 2.64. The van der Waals surface area contributed by atoms with E-state index in [2.05, 4.69) is 0 Å². The molecule has 1 fully saturated rings. The van der Waals surface area contributed by atoms with Crippen molar-refractivity contribution in [3.8, 4) is 0 Å². The number of quaternary nitrogens is 1. The molecule has 1 aromatic rings. The minimum absolute atomic E-state index is 0.295. The molecule has 1 aliphatic heterocycles. The van der Waals surface area contributed by atoms with E-state index >= 15 is 0 Å². The Morgan fingerprint density at radius 1 is 0.944 bits per heavy atom. The quantitative estimate of drug-likeness (QED) is 0.434. The van der Waals surface area contributed by atoms with E-state index in [9.17, 15) is 14.8 Å². The van der Waals surface area contributed by atoms with E-state index in [0.717, 1.165) is 19.3 Å². The summed E-state index contributed by atoms with van der Waals surface area (Å²) in [6, 6.07) is 6.17. The molecule has 0 aromatic heterocycles. The molecule has 1 aromatic carbocycles. The molecule has 3 rings (SSSR count). The summed E-state index contributed by atoms with van der Waals surface area (Å²) in [6.07, 6.45) is 4.31. The number of nitrogens with zero attached hydrogens (tertiary/aromatic N) is 1. The number of hydrogen-bond donors (Lipinski definition) is 0. The van der Waals surface area contributed by atoms with Gasteiger partial charge in [0.15, 0.2) is 0 Å². The normalized spacial score (nSPS) is 23.2. The van der Waals surface area contributed by atoms with E-state index in [4.69, 9.17) is 0 Å². The second-order valence-corrected chi connectivity index (χ2v) is 5.11. The summed E-state index contributed by atoms with van der Waals surface area (Å²) in [5, 5.41) is 12.8. The summed E-state index contributed by atoms with van der Waals surface area (Å²) in [5.74, 6) is -1.13. The molecule has 1 saturated carbocycles. The van der Waals surface area contributed by atoms with Crippen LogP contribution in [0.5, 0.6) is 0 Å². The van der Waals surface area contributed by atoms with Gasteiger partial charge in [-0.3, -0.25) is 0 Å². The topological polar surface area (TPSA) is 57.2 Å². The van der Waals surface area contributed by atoms with Crippen molar-refractivity contribution in [2.24, 2.45) is 0 Å². The molecule has 2 amide bonds. The molecule has 0 bridgehead atoms. The van der Waals surface area contributed by atoms with Crippen LogP contribution in [0.1, 0.15) is 52.8 Å². The van der Waals surface area contributed by atoms with Gasteiger partial charge in [0.2, 0.25) is 0 Å². The van der Waals surface area contributed by atoms with Crippen LogP contribution in [0.25, 0.3) is 0 Å². The minimum Gasteiger partial charge on any atom is -0.617 e. The average molecular weight is 245 g/mol. The summed E-state index contributed by atoms with van der Waals surface area (Å²) in [6.45, 7) is 0. The van der Waals surface area contributed by atoms with Crippen molar-refractivity contribution in [3.05, 3.63) is 40.6 Å². The van der Waals surface area contributed by atoms with E-state index in [1.54, 1.807) is 24.3 Å². The molecular formula is C14H15NO3. The Kier molecular flexibility index (Phi) is 2.57. The van der Waals surface area contributed by atoms with Gasteiger partial charge in [-0.25, -0.2) is 14.2 Å². The highest BCUT2D eigenvalue weighted by atomic mass is 16.6. The molecule has 0 saturated heterocycles. The summed E-state index contributed by atoms with van der Waals surface area (Å²) in [4.78, 5) is 24.5. The first-order valence-electron chi connectivity index (χ1n) is 6.44. The van der Waals surface area contributed by atoms with E-state index in [0.29, 0.717) is 24.0 Å². The van der Waals surface area contributed by atoms with Gasteiger partial charge >= 0.3 is 11.8 Å². The van der Waals surface area contributed by atoms with Gasteiger partial charge in [0.25, 0.3) is 0 Å². The fourth-order valence-electron chi connectivity index (χ4n) is 3.08. The molecule has 18 heavy (non-hydrogen) atoms. The van der Waals surface area contributed by atoms with E-state index in [1.165, 1.54) is 0 Å². The van der Waals surface area contributed by atoms with Crippen molar-refractivity contribution >= 4 is 11.8 Å². The molecule has 0 atom stereocenters. The number of fused-ring (bicyclic) bond motifs is 1. The van der Waals surface area contributed by atoms with E-state index in [-0.39, 0.29) is 6.04 Å². The molecule has 0 N–H and O–H groups in total. The molecule has 1 heterocycles. The van der Waals surface area contributed by atoms with Crippen molar-refractivity contribution in [2.45, 2.75) is 38.1 Å². The van der Waals surface area contributed by atoms with Gasteiger partial charge in [-0.2, -0.15) is 0 Å². The Morgan fingerprint density at radius 3 is 1.94 bits per heavy atom. The Labute approximate surface area is 105 Å². The Hall–Kier alpha value is -1.52. The molecule has 0 unspecified atom stereocenters. The van der Waals surface area contributed by atoms with Crippen molar-refractivity contribution in [2.75, 3.05) is 0 Å². The maximum absolute atomic E-state index is 12.8. The second-order valence-electron chi connectivity index (χ2n) is 5.11. The predicted molar refractivity (Wildman–Crippen MR) is 65.6 cm³/mol. The summed E-state index contributed by atoms with van der Waals surface area (Å²) >= 11 is 0. The third-order valence-electron chi connectivity index (χ3n) is 4.08. The van der Waals surface area contributed by atoms with E-state index < -0.39 is 16.5 Å². The smallest absolute Gasteiger partial charge is 0.354 e.